The SMILES string of the molecule is Cc1cc(C)n(CC(=O)N2CCCC[C@@H]2c2ncc(Cc3cccc(F)c3)o2)c(=O)n1. The van der Waals surface area contributed by atoms with Gasteiger partial charge >= 0.3 is 5.69 Å². The van der Waals surface area contributed by atoms with Gasteiger partial charge in [0.05, 0.1) is 6.20 Å². The highest BCUT2D eigenvalue weighted by Crippen LogP contribution is 2.31. The van der Waals surface area contributed by atoms with Gasteiger partial charge in [-0.15, -0.1) is 0 Å². The predicted octanol–water partition coefficient (Wildman–Crippen LogP) is 3.33. The zero-order valence-corrected chi connectivity index (χ0v) is 17.7. The van der Waals surface area contributed by atoms with Gasteiger partial charge in [-0.05, 0) is 56.9 Å². The fraction of sp³-hybridized carbons (Fsp3) is 0.391. The quantitative estimate of drug-likeness (QED) is 0.628. The molecule has 0 spiro atoms. The van der Waals surface area contributed by atoms with Gasteiger partial charge in [-0.3, -0.25) is 9.36 Å². The second kappa shape index (κ2) is 8.83. The summed E-state index contributed by atoms with van der Waals surface area (Å²) >= 11 is 0. The van der Waals surface area contributed by atoms with Crippen LogP contribution in [-0.4, -0.2) is 31.9 Å². The lowest BCUT2D eigenvalue weighted by Crippen LogP contribution is -2.42. The molecule has 0 bridgehead atoms. The number of amides is 1. The monoisotopic (exact) mass is 424 g/mol. The van der Waals surface area contributed by atoms with E-state index in [-0.39, 0.29) is 24.3 Å². The van der Waals surface area contributed by atoms with E-state index in [4.69, 9.17) is 4.42 Å². The molecule has 1 fully saturated rings. The first-order chi connectivity index (χ1) is 14.9. The molecule has 1 aromatic carbocycles. The van der Waals surface area contributed by atoms with E-state index in [0.29, 0.717) is 36.0 Å². The summed E-state index contributed by atoms with van der Waals surface area (Å²) < 4.78 is 20.8. The standard InChI is InChI=1S/C23H25FN4O3/c1-15-10-16(2)28(23(30)26-15)14-21(29)27-9-4-3-8-20(27)22-25-13-19(31-22)12-17-6-5-7-18(24)11-17/h5-7,10-11,13,20H,3-4,8-9,12,14H2,1-2H3/t20-/m1/s1. The molecule has 0 N–H and O–H groups in total. The number of carbonyl (C=O) groups excluding carboxylic acids is 1. The number of carbonyl (C=O) groups is 1. The molecule has 7 nitrogen and oxygen atoms in total. The third-order valence-electron chi connectivity index (χ3n) is 5.59. The molecule has 31 heavy (non-hydrogen) atoms. The Kier molecular flexibility index (Phi) is 5.97. The highest BCUT2D eigenvalue weighted by atomic mass is 19.1. The Balaban J connectivity index is 1.52. The predicted molar refractivity (Wildman–Crippen MR) is 112 cm³/mol. The number of aromatic nitrogens is 3. The van der Waals surface area contributed by atoms with E-state index in [1.807, 2.05) is 6.07 Å². The molecule has 162 valence electrons. The molecule has 0 radical (unpaired) electrons. The van der Waals surface area contributed by atoms with Gasteiger partial charge in [0.25, 0.3) is 0 Å². The van der Waals surface area contributed by atoms with Gasteiger partial charge in [-0.25, -0.2) is 14.2 Å². The van der Waals surface area contributed by atoms with Crippen LogP contribution in [0.25, 0.3) is 0 Å². The summed E-state index contributed by atoms with van der Waals surface area (Å²) in [4.78, 5) is 35.4. The first-order valence-electron chi connectivity index (χ1n) is 10.4. The van der Waals surface area contributed by atoms with Crippen LogP contribution in [0.3, 0.4) is 0 Å². The van der Waals surface area contributed by atoms with Crippen molar-refractivity contribution in [1.29, 1.82) is 0 Å². The summed E-state index contributed by atoms with van der Waals surface area (Å²) in [5.41, 5.74) is 1.70. The van der Waals surface area contributed by atoms with Gasteiger partial charge in [0, 0.05) is 24.4 Å². The summed E-state index contributed by atoms with van der Waals surface area (Å²) in [6.45, 7) is 4.07. The molecule has 1 aliphatic heterocycles. The van der Waals surface area contributed by atoms with Crippen molar-refractivity contribution in [1.82, 2.24) is 19.4 Å². The normalized spacial score (nSPS) is 16.5. The zero-order chi connectivity index (χ0) is 22.0. The third kappa shape index (κ3) is 4.73. The Bertz CT molecular complexity index is 1150. The topological polar surface area (TPSA) is 81.2 Å². The minimum Gasteiger partial charge on any atom is -0.443 e. The van der Waals surface area contributed by atoms with E-state index in [1.54, 1.807) is 37.1 Å². The van der Waals surface area contributed by atoms with E-state index in [1.165, 1.54) is 16.7 Å². The van der Waals surface area contributed by atoms with Gasteiger partial charge in [0.1, 0.15) is 24.2 Å². The number of benzene rings is 1. The number of oxazole rings is 1. The van der Waals surface area contributed by atoms with Crippen LogP contribution >= 0.6 is 0 Å². The van der Waals surface area contributed by atoms with Crippen LogP contribution < -0.4 is 5.69 Å². The van der Waals surface area contributed by atoms with E-state index in [0.717, 1.165) is 24.8 Å². The lowest BCUT2D eigenvalue weighted by molar-refractivity contribution is -0.136. The van der Waals surface area contributed by atoms with Gasteiger partial charge in [-0.1, -0.05) is 12.1 Å². The average molecular weight is 424 g/mol. The van der Waals surface area contributed by atoms with Crippen molar-refractivity contribution in [2.45, 2.75) is 52.1 Å². The lowest BCUT2D eigenvalue weighted by Gasteiger charge is -2.34. The second-order valence-electron chi connectivity index (χ2n) is 7.98. The van der Waals surface area contributed by atoms with E-state index in [2.05, 4.69) is 9.97 Å². The van der Waals surface area contributed by atoms with Crippen LogP contribution in [0.5, 0.6) is 0 Å². The van der Waals surface area contributed by atoms with Crippen molar-refractivity contribution in [3.8, 4) is 0 Å². The molecular weight excluding hydrogens is 399 g/mol. The molecule has 8 heteroatoms. The maximum absolute atomic E-state index is 13.4. The Morgan fingerprint density at radius 1 is 1.26 bits per heavy atom. The number of aryl methyl sites for hydroxylation is 2. The van der Waals surface area contributed by atoms with Crippen molar-refractivity contribution in [3.63, 3.8) is 0 Å². The maximum atomic E-state index is 13.4. The summed E-state index contributed by atoms with van der Waals surface area (Å²) in [6, 6.07) is 7.86. The van der Waals surface area contributed by atoms with Crippen molar-refractivity contribution >= 4 is 5.91 Å². The number of likely N-dealkylation sites (tertiary alicyclic amines) is 1. The van der Waals surface area contributed by atoms with Crippen molar-refractivity contribution < 1.29 is 13.6 Å². The van der Waals surface area contributed by atoms with Crippen LogP contribution in [-0.2, 0) is 17.8 Å². The van der Waals surface area contributed by atoms with Gasteiger partial charge in [0.2, 0.25) is 11.8 Å². The minimum atomic E-state index is -0.423. The molecule has 1 saturated heterocycles. The van der Waals surface area contributed by atoms with E-state index >= 15 is 0 Å². The molecule has 0 saturated carbocycles. The van der Waals surface area contributed by atoms with E-state index < -0.39 is 5.69 Å². The summed E-state index contributed by atoms with van der Waals surface area (Å²) in [5, 5.41) is 0. The summed E-state index contributed by atoms with van der Waals surface area (Å²) in [7, 11) is 0. The van der Waals surface area contributed by atoms with E-state index in [9.17, 15) is 14.0 Å². The smallest absolute Gasteiger partial charge is 0.348 e. The minimum absolute atomic E-state index is 0.0642. The van der Waals surface area contributed by atoms with Crippen molar-refractivity contribution in [3.05, 3.63) is 81.4 Å². The molecule has 3 aromatic rings. The highest BCUT2D eigenvalue weighted by molar-refractivity contribution is 5.76. The van der Waals surface area contributed by atoms with Crippen LogP contribution in [0.15, 0.2) is 45.7 Å². The number of rotatable bonds is 5. The number of nitrogens with zero attached hydrogens (tertiary/aromatic N) is 4. The molecule has 1 aliphatic rings. The van der Waals surface area contributed by atoms with Gasteiger partial charge in [-0.2, -0.15) is 4.98 Å². The highest BCUT2D eigenvalue weighted by Gasteiger charge is 2.31. The molecule has 0 aliphatic carbocycles. The Labute approximate surface area is 179 Å². The maximum Gasteiger partial charge on any atom is 0.348 e. The number of halogens is 1. The summed E-state index contributed by atoms with van der Waals surface area (Å²) in [6.07, 6.45) is 4.65. The van der Waals surface area contributed by atoms with Crippen molar-refractivity contribution in [2.24, 2.45) is 0 Å². The summed E-state index contributed by atoms with van der Waals surface area (Å²) in [5.74, 6) is 0.641. The lowest BCUT2D eigenvalue weighted by atomic mass is 10.0. The molecular formula is C23H25FN4O3. The Morgan fingerprint density at radius 3 is 2.87 bits per heavy atom. The van der Waals surface area contributed by atoms with Gasteiger partial charge in [0.15, 0.2) is 0 Å². The van der Waals surface area contributed by atoms with Crippen LogP contribution in [0.2, 0.25) is 0 Å². The molecule has 3 heterocycles. The molecule has 1 amide bonds. The Morgan fingerprint density at radius 2 is 2.10 bits per heavy atom. The number of piperidine rings is 1. The molecule has 2 aromatic heterocycles. The fourth-order valence-corrected chi connectivity index (χ4v) is 4.09. The zero-order valence-electron chi connectivity index (χ0n) is 17.7. The van der Waals surface area contributed by atoms with Crippen LogP contribution in [0.1, 0.15) is 53.9 Å². The van der Waals surface area contributed by atoms with Crippen LogP contribution in [0, 0.1) is 19.7 Å². The Hall–Kier alpha value is -3.29. The fourth-order valence-electron chi connectivity index (χ4n) is 4.09. The largest absolute Gasteiger partial charge is 0.443 e. The number of hydrogen-bond donors (Lipinski definition) is 0. The first kappa shape index (κ1) is 21.0. The average Bonchev–Trinajstić information content (AvgIpc) is 3.19. The molecule has 0 unspecified atom stereocenters. The van der Waals surface area contributed by atoms with Crippen molar-refractivity contribution in [2.75, 3.05) is 6.54 Å². The van der Waals surface area contributed by atoms with Crippen LogP contribution in [0.4, 0.5) is 4.39 Å². The third-order valence-corrected chi connectivity index (χ3v) is 5.59. The number of hydrogen-bond acceptors (Lipinski definition) is 5. The molecule has 4 rings (SSSR count). The second-order valence-corrected chi connectivity index (χ2v) is 7.98. The first-order valence-corrected chi connectivity index (χ1v) is 10.4. The van der Waals surface area contributed by atoms with Gasteiger partial charge < -0.3 is 9.32 Å². The molecule has 1 atom stereocenters.